The highest BCUT2D eigenvalue weighted by molar-refractivity contribution is 5.42. The van der Waals surface area contributed by atoms with Crippen molar-refractivity contribution in [2.24, 2.45) is 5.41 Å². The van der Waals surface area contributed by atoms with E-state index < -0.39 is 11.2 Å². The molecule has 2 fully saturated rings. The van der Waals surface area contributed by atoms with E-state index >= 15 is 0 Å². The second-order valence-corrected chi connectivity index (χ2v) is 10.6. The minimum atomic E-state index is -1.13. The molecule has 0 spiro atoms. The molecular formula is C27H38N2O3. The van der Waals surface area contributed by atoms with Crippen molar-refractivity contribution in [2.45, 2.75) is 63.6 Å². The Hall–Kier alpha value is -1.79. The number of hydrogen-bond acceptors (Lipinski definition) is 5. The average Bonchev–Trinajstić information content (AvgIpc) is 2.77. The first-order valence-electron chi connectivity index (χ1n) is 11.9. The van der Waals surface area contributed by atoms with E-state index in [0.29, 0.717) is 38.4 Å². The van der Waals surface area contributed by atoms with Crippen LogP contribution in [0.25, 0.3) is 0 Å². The number of aryl methyl sites for hydroxylation is 1. The van der Waals surface area contributed by atoms with Crippen LogP contribution in [0, 0.1) is 5.41 Å². The molecule has 1 aromatic carbocycles. The van der Waals surface area contributed by atoms with Crippen LogP contribution < -0.4 is 0 Å². The monoisotopic (exact) mass is 438 g/mol. The van der Waals surface area contributed by atoms with Gasteiger partial charge >= 0.3 is 0 Å². The normalized spacial score (nSPS) is 22.3. The molecule has 32 heavy (non-hydrogen) atoms. The largest absolute Gasteiger partial charge is 0.390 e. The number of aromatic nitrogens is 1. The van der Waals surface area contributed by atoms with Crippen molar-refractivity contribution < 1.29 is 14.9 Å². The molecule has 0 unspecified atom stereocenters. The van der Waals surface area contributed by atoms with Crippen molar-refractivity contribution >= 4 is 0 Å². The summed E-state index contributed by atoms with van der Waals surface area (Å²) in [4.78, 5) is 6.76. The number of aliphatic hydroxyl groups is 2. The molecular weight excluding hydrogens is 400 g/mol. The fraction of sp³-hybridized carbons (Fsp3) is 0.593. The van der Waals surface area contributed by atoms with E-state index in [1.807, 2.05) is 12.4 Å². The van der Waals surface area contributed by atoms with Gasteiger partial charge < -0.3 is 19.8 Å². The molecule has 2 N–H and O–H groups in total. The minimum Gasteiger partial charge on any atom is -0.390 e. The van der Waals surface area contributed by atoms with Crippen molar-refractivity contribution in [3.05, 3.63) is 65.0 Å². The molecule has 174 valence electrons. The molecule has 5 heteroatoms. The lowest BCUT2D eigenvalue weighted by Gasteiger charge is -2.56. The van der Waals surface area contributed by atoms with Gasteiger partial charge in [-0.1, -0.05) is 45.0 Å². The highest BCUT2D eigenvalue weighted by atomic mass is 16.5. The SMILES string of the molecule is CC(C)c1ccc([C@](O)(c2cncc(CCC3(O)CCOCC3)c2)C2(C)CN(C)C2)cc1. The Labute approximate surface area is 192 Å². The average molecular weight is 439 g/mol. The van der Waals surface area contributed by atoms with Gasteiger partial charge in [0.1, 0.15) is 5.60 Å². The first-order valence-corrected chi connectivity index (χ1v) is 11.9. The van der Waals surface area contributed by atoms with E-state index in [4.69, 9.17) is 4.74 Å². The summed E-state index contributed by atoms with van der Waals surface area (Å²) in [6.45, 7) is 9.41. The van der Waals surface area contributed by atoms with Crippen LogP contribution in [0.2, 0.25) is 0 Å². The number of likely N-dealkylation sites (tertiary alicyclic amines) is 1. The van der Waals surface area contributed by atoms with Crippen LogP contribution in [0.5, 0.6) is 0 Å². The molecule has 0 saturated carbocycles. The maximum Gasteiger partial charge on any atom is 0.124 e. The summed E-state index contributed by atoms with van der Waals surface area (Å²) in [7, 11) is 2.09. The van der Waals surface area contributed by atoms with Crippen molar-refractivity contribution in [2.75, 3.05) is 33.4 Å². The van der Waals surface area contributed by atoms with Crippen molar-refractivity contribution in [1.29, 1.82) is 0 Å². The first-order chi connectivity index (χ1) is 15.2. The molecule has 1 aromatic heterocycles. The predicted molar refractivity (Wildman–Crippen MR) is 127 cm³/mol. The summed E-state index contributed by atoms with van der Waals surface area (Å²) in [5.74, 6) is 0.448. The highest BCUT2D eigenvalue weighted by Crippen LogP contribution is 2.50. The van der Waals surface area contributed by atoms with Gasteiger partial charge in [0.2, 0.25) is 0 Å². The predicted octanol–water partition coefficient (Wildman–Crippen LogP) is 3.87. The standard InChI is InChI=1S/C27H38N2O3/c1-20(2)22-5-7-23(8-6-22)27(31,25(3)18-29(4)19-25)24-15-21(16-28-17-24)9-10-26(30)11-13-32-14-12-26/h5-8,15-17,20,30-31H,9-14,18-19H2,1-4H3/t27-/m0/s1. The third-order valence-corrected chi connectivity index (χ3v) is 7.62. The summed E-state index contributed by atoms with van der Waals surface area (Å²) in [5, 5.41) is 23.2. The van der Waals surface area contributed by atoms with Crippen LogP contribution >= 0.6 is 0 Å². The van der Waals surface area contributed by atoms with Crippen LogP contribution in [0.3, 0.4) is 0 Å². The van der Waals surface area contributed by atoms with E-state index in [9.17, 15) is 10.2 Å². The number of nitrogens with zero attached hydrogens (tertiary/aromatic N) is 2. The van der Waals surface area contributed by atoms with Crippen molar-refractivity contribution in [3.63, 3.8) is 0 Å². The van der Waals surface area contributed by atoms with Gasteiger partial charge in [0, 0.05) is 49.7 Å². The molecule has 0 amide bonds. The number of rotatable bonds is 7. The quantitative estimate of drug-likeness (QED) is 0.687. The molecule has 2 aliphatic heterocycles. The van der Waals surface area contributed by atoms with Gasteiger partial charge in [-0.2, -0.15) is 0 Å². The van der Waals surface area contributed by atoms with E-state index in [1.165, 1.54) is 5.56 Å². The Balaban J connectivity index is 1.65. The van der Waals surface area contributed by atoms with E-state index in [0.717, 1.165) is 36.2 Å². The van der Waals surface area contributed by atoms with E-state index in [1.54, 1.807) is 0 Å². The highest BCUT2D eigenvalue weighted by Gasteiger charge is 2.55. The first kappa shape index (κ1) is 23.4. The van der Waals surface area contributed by atoms with Gasteiger partial charge in [-0.25, -0.2) is 0 Å². The molecule has 0 aliphatic carbocycles. The number of benzene rings is 1. The molecule has 0 bridgehead atoms. The summed E-state index contributed by atoms with van der Waals surface area (Å²) >= 11 is 0. The maximum absolute atomic E-state index is 12.3. The Kier molecular flexibility index (Phi) is 6.47. The Morgan fingerprint density at radius 3 is 2.34 bits per heavy atom. The van der Waals surface area contributed by atoms with Crippen LogP contribution in [0.4, 0.5) is 0 Å². The van der Waals surface area contributed by atoms with Gasteiger partial charge in [0.25, 0.3) is 0 Å². The Morgan fingerprint density at radius 1 is 1.09 bits per heavy atom. The molecule has 2 saturated heterocycles. The van der Waals surface area contributed by atoms with Crippen LogP contribution in [0.1, 0.15) is 68.2 Å². The lowest BCUT2D eigenvalue weighted by Crippen LogP contribution is -2.63. The summed E-state index contributed by atoms with van der Waals surface area (Å²) < 4.78 is 5.41. The summed E-state index contributed by atoms with van der Waals surface area (Å²) in [6.07, 6.45) is 6.45. The van der Waals surface area contributed by atoms with Crippen LogP contribution in [0.15, 0.2) is 42.7 Å². The summed E-state index contributed by atoms with van der Waals surface area (Å²) in [5.41, 5.74) is 1.97. The number of ether oxygens (including phenoxy) is 1. The lowest BCUT2D eigenvalue weighted by molar-refractivity contribution is -0.127. The zero-order valence-corrected chi connectivity index (χ0v) is 20.0. The van der Waals surface area contributed by atoms with Crippen molar-refractivity contribution in [3.8, 4) is 0 Å². The fourth-order valence-electron chi connectivity index (χ4n) is 5.55. The van der Waals surface area contributed by atoms with E-state index in [-0.39, 0.29) is 5.41 Å². The van der Waals surface area contributed by atoms with E-state index in [2.05, 4.69) is 68.0 Å². The van der Waals surface area contributed by atoms with Gasteiger partial charge in [0.05, 0.1) is 5.60 Å². The van der Waals surface area contributed by atoms with Gasteiger partial charge in [-0.15, -0.1) is 0 Å². The zero-order valence-electron chi connectivity index (χ0n) is 20.0. The number of pyridine rings is 1. The lowest BCUT2D eigenvalue weighted by atomic mass is 9.62. The molecule has 2 aliphatic rings. The molecule has 0 radical (unpaired) electrons. The van der Waals surface area contributed by atoms with Gasteiger partial charge in [0.15, 0.2) is 0 Å². The fourth-order valence-corrected chi connectivity index (χ4v) is 5.55. The van der Waals surface area contributed by atoms with Crippen LogP contribution in [-0.2, 0) is 16.8 Å². The second-order valence-electron chi connectivity index (χ2n) is 10.6. The smallest absolute Gasteiger partial charge is 0.124 e. The molecule has 4 rings (SSSR count). The van der Waals surface area contributed by atoms with Gasteiger partial charge in [-0.05, 0) is 61.4 Å². The van der Waals surface area contributed by atoms with Crippen LogP contribution in [-0.4, -0.2) is 59.0 Å². The third kappa shape index (κ3) is 4.36. The molecule has 5 nitrogen and oxygen atoms in total. The minimum absolute atomic E-state index is 0.305. The summed E-state index contributed by atoms with van der Waals surface area (Å²) in [6, 6.07) is 10.5. The third-order valence-electron chi connectivity index (χ3n) is 7.62. The molecule has 3 heterocycles. The number of hydrogen-bond donors (Lipinski definition) is 2. The van der Waals surface area contributed by atoms with Gasteiger partial charge in [-0.3, -0.25) is 4.98 Å². The molecule has 1 atom stereocenters. The Bertz CT molecular complexity index is 915. The topological polar surface area (TPSA) is 65.8 Å². The van der Waals surface area contributed by atoms with Crippen molar-refractivity contribution in [1.82, 2.24) is 9.88 Å². The maximum atomic E-state index is 12.3. The zero-order chi connectivity index (χ0) is 23.0. The second kappa shape index (κ2) is 8.86. The Morgan fingerprint density at radius 2 is 1.75 bits per heavy atom. The molecule has 2 aromatic rings.